The summed E-state index contributed by atoms with van der Waals surface area (Å²) in [6.45, 7) is 23.9. The van der Waals surface area contributed by atoms with Crippen molar-refractivity contribution in [3.63, 3.8) is 0 Å². The van der Waals surface area contributed by atoms with E-state index in [-0.39, 0.29) is 0 Å². The highest BCUT2D eigenvalue weighted by Crippen LogP contribution is 2.38. The van der Waals surface area contributed by atoms with Gasteiger partial charge in [-0.1, -0.05) is 27.7 Å². The summed E-state index contributed by atoms with van der Waals surface area (Å²) in [6.07, 6.45) is 0. The molecule has 0 radical (unpaired) electrons. The molecular formula is C28H42N4O2. The number of aromatic nitrogens is 2. The monoisotopic (exact) mass is 466 g/mol. The van der Waals surface area contributed by atoms with Gasteiger partial charge in [-0.05, 0) is 66.0 Å². The van der Waals surface area contributed by atoms with Gasteiger partial charge in [0.25, 0.3) is 0 Å². The highest BCUT2D eigenvalue weighted by atomic mass is 16.5. The van der Waals surface area contributed by atoms with Crippen LogP contribution in [0.3, 0.4) is 0 Å². The number of benzene rings is 1. The lowest BCUT2D eigenvalue weighted by molar-refractivity contribution is 0.282. The van der Waals surface area contributed by atoms with Gasteiger partial charge in [-0.3, -0.25) is 19.8 Å². The number of rotatable bonds is 12. The quantitative estimate of drug-likeness (QED) is 0.311. The molecule has 0 bridgehead atoms. The molecule has 0 amide bonds. The molecule has 2 heterocycles. The van der Waals surface area contributed by atoms with Crippen LogP contribution in [0.15, 0.2) is 12.1 Å². The molecule has 186 valence electrons. The maximum absolute atomic E-state index is 6.25. The zero-order valence-corrected chi connectivity index (χ0v) is 22.4. The van der Waals surface area contributed by atoms with Crippen LogP contribution >= 0.6 is 0 Å². The van der Waals surface area contributed by atoms with Gasteiger partial charge in [-0.15, -0.1) is 0 Å². The molecule has 0 aliphatic rings. The Hall–Kier alpha value is -2.44. The van der Waals surface area contributed by atoms with Crippen LogP contribution in [0, 0.1) is 13.8 Å². The first-order valence-electron chi connectivity index (χ1n) is 12.9. The van der Waals surface area contributed by atoms with Gasteiger partial charge in [0.2, 0.25) is 0 Å². The fourth-order valence-corrected chi connectivity index (χ4v) is 4.61. The second-order valence-electron chi connectivity index (χ2n) is 8.69. The number of ether oxygens (including phenoxy) is 2. The van der Waals surface area contributed by atoms with Crippen LogP contribution < -0.4 is 9.47 Å². The Morgan fingerprint density at radius 3 is 1.26 bits per heavy atom. The Balaban J connectivity index is 2.29. The van der Waals surface area contributed by atoms with Crippen molar-refractivity contribution >= 4 is 21.8 Å². The third kappa shape index (κ3) is 5.28. The zero-order valence-electron chi connectivity index (χ0n) is 22.4. The van der Waals surface area contributed by atoms with Gasteiger partial charge in [0.15, 0.2) is 0 Å². The van der Waals surface area contributed by atoms with Crippen molar-refractivity contribution in [3.8, 4) is 11.5 Å². The van der Waals surface area contributed by atoms with Crippen molar-refractivity contribution < 1.29 is 9.47 Å². The van der Waals surface area contributed by atoms with Gasteiger partial charge in [-0.2, -0.15) is 0 Å². The van der Waals surface area contributed by atoms with Crippen LogP contribution in [-0.4, -0.2) is 59.2 Å². The van der Waals surface area contributed by atoms with Crippen molar-refractivity contribution in [3.05, 3.63) is 34.6 Å². The Labute approximate surface area is 205 Å². The number of nitrogens with zero attached hydrogens (tertiary/aromatic N) is 4. The summed E-state index contributed by atoms with van der Waals surface area (Å²) >= 11 is 0. The molecule has 0 fully saturated rings. The molecule has 34 heavy (non-hydrogen) atoms. The van der Waals surface area contributed by atoms with Crippen LogP contribution in [0.4, 0.5) is 0 Å². The van der Waals surface area contributed by atoms with Gasteiger partial charge in [0, 0.05) is 46.4 Å². The third-order valence-electron chi connectivity index (χ3n) is 6.73. The maximum Gasteiger partial charge on any atom is 0.135 e. The van der Waals surface area contributed by atoms with Crippen molar-refractivity contribution in [2.75, 3.05) is 39.4 Å². The predicted molar refractivity (Wildman–Crippen MR) is 142 cm³/mol. The number of hydrogen-bond donors (Lipinski definition) is 0. The maximum atomic E-state index is 6.25. The van der Waals surface area contributed by atoms with Crippen molar-refractivity contribution in [1.29, 1.82) is 0 Å². The molecule has 3 rings (SSSR count). The minimum Gasteiger partial charge on any atom is -0.493 e. The minimum absolute atomic E-state index is 0.612. The Bertz CT molecular complexity index is 1030. The molecule has 1 aromatic carbocycles. The number of fused-ring (bicyclic) bond motifs is 2. The minimum atomic E-state index is 0.612. The lowest BCUT2D eigenvalue weighted by atomic mass is 10.0. The highest BCUT2D eigenvalue weighted by Gasteiger charge is 2.21. The molecule has 0 atom stereocenters. The summed E-state index contributed by atoms with van der Waals surface area (Å²) < 4.78 is 12.5. The Kier molecular flexibility index (Phi) is 9.09. The summed E-state index contributed by atoms with van der Waals surface area (Å²) in [4.78, 5) is 14.9. The van der Waals surface area contributed by atoms with Gasteiger partial charge < -0.3 is 9.47 Å². The van der Waals surface area contributed by atoms with E-state index in [4.69, 9.17) is 19.4 Å². The zero-order chi connectivity index (χ0) is 24.8. The van der Waals surface area contributed by atoms with E-state index in [9.17, 15) is 0 Å². The van der Waals surface area contributed by atoms with E-state index in [1.807, 2.05) is 13.8 Å². The molecule has 0 saturated heterocycles. The van der Waals surface area contributed by atoms with Gasteiger partial charge in [0.05, 0.1) is 24.2 Å². The first-order chi connectivity index (χ1) is 16.4. The highest BCUT2D eigenvalue weighted by molar-refractivity contribution is 6.01. The number of hydrogen-bond acceptors (Lipinski definition) is 6. The fourth-order valence-electron chi connectivity index (χ4n) is 4.61. The summed E-state index contributed by atoms with van der Waals surface area (Å²) in [5.74, 6) is 1.87. The van der Waals surface area contributed by atoms with Crippen LogP contribution in [0.25, 0.3) is 21.8 Å². The first-order valence-corrected chi connectivity index (χ1v) is 12.9. The largest absolute Gasteiger partial charge is 0.493 e. The van der Waals surface area contributed by atoms with Gasteiger partial charge in [0.1, 0.15) is 11.5 Å². The average molecular weight is 467 g/mol. The smallest absolute Gasteiger partial charge is 0.135 e. The van der Waals surface area contributed by atoms with E-state index in [0.717, 1.165) is 95.1 Å². The molecule has 0 aliphatic carbocycles. The molecule has 0 saturated carbocycles. The summed E-state index contributed by atoms with van der Waals surface area (Å²) in [5, 5.41) is 2.04. The van der Waals surface area contributed by atoms with Crippen molar-refractivity contribution in [2.24, 2.45) is 0 Å². The summed E-state index contributed by atoms with van der Waals surface area (Å²) in [6, 6.07) is 4.29. The van der Waals surface area contributed by atoms with E-state index in [1.54, 1.807) is 0 Å². The second kappa shape index (κ2) is 11.8. The Morgan fingerprint density at radius 2 is 0.971 bits per heavy atom. The number of aryl methyl sites for hydroxylation is 2. The molecule has 0 N–H and O–H groups in total. The topological polar surface area (TPSA) is 50.7 Å². The summed E-state index contributed by atoms with van der Waals surface area (Å²) in [5.41, 5.74) is 6.22. The van der Waals surface area contributed by atoms with Crippen LogP contribution in [0.2, 0.25) is 0 Å². The van der Waals surface area contributed by atoms with Gasteiger partial charge >= 0.3 is 0 Å². The summed E-state index contributed by atoms with van der Waals surface area (Å²) in [7, 11) is 0. The molecule has 6 heteroatoms. The normalized spacial score (nSPS) is 11.8. The van der Waals surface area contributed by atoms with Crippen molar-refractivity contribution in [1.82, 2.24) is 19.8 Å². The molecule has 0 unspecified atom stereocenters. The van der Waals surface area contributed by atoms with E-state index >= 15 is 0 Å². The molecule has 3 aromatic rings. The van der Waals surface area contributed by atoms with Crippen LogP contribution in [0.5, 0.6) is 11.5 Å². The molecule has 6 nitrogen and oxygen atoms in total. The Morgan fingerprint density at radius 1 is 0.618 bits per heavy atom. The third-order valence-corrected chi connectivity index (χ3v) is 6.73. The van der Waals surface area contributed by atoms with E-state index in [0.29, 0.717) is 13.2 Å². The van der Waals surface area contributed by atoms with E-state index in [1.165, 1.54) is 0 Å². The first kappa shape index (κ1) is 26.2. The van der Waals surface area contributed by atoms with Crippen LogP contribution in [-0.2, 0) is 13.1 Å². The average Bonchev–Trinajstić information content (AvgIpc) is 2.83. The fraction of sp³-hybridized carbons (Fsp3) is 0.571. The lowest BCUT2D eigenvalue weighted by Crippen LogP contribution is -2.23. The van der Waals surface area contributed by atoms with E-state index in [2.05, 4.69) is 63.5 Å². The lowest BCUT2D eigenvalue weighted by Gasteiger charge is -2.24. The molecule has 0 aliphatic heterocycles. The number of pyridine rings is 2. The standard InChI is InChI=1S/C28H42N4O2/c1-9-31(10-2)17-23-19(7)29-25-16-22-26(15-21(25)27(23)33-13-5)30-20(8)24(28(22)34-14-6)18-32(11-3)12-4/h15-16H,9-14,17-18H2,1-8H3. The second-order valence-corrected chi connectivity index (χ2v) is 8.69. The predicted octanol–water partition coefficient (Wildman–Crippen LogP) is 5.88. The molecule has 2 aromatic heterocycles. The van der Waals surface area contributed by atoms with Crippen LogP contribution in [0.1, 0.15) is 64.1 Å². The molecule has 0 spiro atoms. The SMILES string of the molecule is CCOc1c(CN(CC)CC)c(C)nc2cc3c(OCC)c(CN(CC)CC)c(C)nc3cc12. The molecular weight excluding hydrogens is 424 g/mol. The van der Waals surface area contributed by atoms with Gasteiger partial charge in [-0.25, -0.2) is 0 Å². The van der Waals surface area contributed by atoms with E-state index < -0.39 is 0 Å². The van der Waals surface area contributed by atoms with Crippen molar-refractivity contribution in [2.45, 2.75) is 68.5 Å².